The highest BCUT2D eigenvalue weighted by atomic mass is 16.5. The lowest BCUT2D eigenvalue weighted by Gasteiger charge is -2.06. The first-order valence-electron chi connectivity index (χ1n) is 6.71. The lowest BCUT2D eigenvalue weighted by molar-refractivity contribution is -0.143. The third-order valence-corrected chi connectivity index (χ3v) is 3.24. The van der Waals surface area contributed by atoms with E-state index in [-0.39, 0.29) is 5.97 Å². The van der Waals surface area contributed by atoms with Crippen molar-refractivity contribution in [2.24, 2.45) is 0 Å². The lowest BCUT2D eigenvalue weighted by atomic mass is 10.2. The Kier molecular flexibility index (Phi) is 4.20. The molecule has 0 radical (unpaired) electrons. The second-order valence-corrected chi connectivity index (χ2v) is 4.66. The average Bonchev–Trinajstić information content (AvgIpc) is 2.68. The third-order valence-electron chi connectivity index (χ3n) is 3.24. The number of aromatic nitrogens is 2. The summed E-state index contributed by atoms with van der Waals surface area (Å²) in [5.41, 5.74) is 3.38. The summed E-state index contributed by atoms with van der Waals surface area (Å²) in [6.07, 6.45) is 1.23. The summed E-state index contributed by atoms with van der Waals surface area (Å²) >= 11 is 0. The van der Waals surface area contributed by atoms with E-state index in [4.69, 9.17) is 4.74 Å². The summed E-state index contributed by atoms with van der Waals surface area (Å²) in [5, 5.41) is 0. The Morgan fingerprint density at radius 1 is 1.37 bits per heavy atom. The summed E-state index contributed by atoms with van der Waals surface area (Å²) in [6, 6.07) is 6.19. The molecule has 2 aromatic rings. The molecule has 0 aliphatic carbocycles. The van der Waals surface area contributed by atoms with Gasteiger partial charge >= 0.3 is 5.97 Å². The van der Waals surface area contributed by atoms with Crippen LogP contribution in [0.1, 0.15) is 31.2 Å². The van der Waals surface area contributed by atoms with Crippen LogP contribution in [0.3, 0.4) is 0 Å². The molecule has 4 heteroatoms. The van der Waals surface area contributed by atoms with Crippen molar-refractivity contribution in [3.05, 3.63) is 29.6 Å². The van der Waals surface area contributed by atoms with Gasteiger partial charge in [-0.15, -0.1) is 0 Å². The topological polar surface area (TPSA) is 44.1 Å². The van der Waals surface area contributed by atoms with E-state index in [1.807, 2.05) is 19.9 Å². The summed E-state index contributed by atoms with van der Waals surface area (Å²) in [7, 11) is 0. The molecule has 4 nitrogen and oxygen atoms in total. The van der Waals surface area contributed by atoms with Gasteiger partial charge in [-0.1, -0.05) is 12.1 Å². The maximum absolute atomic E-state index is 11.3. The SMILES string of the molecule is CCOC(=O)CCCn1c(C)nc2c(C)cccc21. The van der Waals surface area contributed by atoms with Crippen molar-refractivity contribution in [1.29, 1.82) is 0 Å². The smallest absolute Gasteiger partial charge is 0.305 e. The number of rotatable bonds is 5. The number of esters is 1. The summed E-state index contributed by atoms with van der Waals surface area (Å²) in [4.78, 5) is 15.9. The van der Waals surface area contributed by atoms with Crippen LogP contribution >= 0.6 is 0 Å². The van der Waals surface area contributed by atoms with Gasteiger partial charge in [0.1, 0.15) is 5.82 Å². The monoisotopic (exact) mass is 260 g/mol. The maximum Gasteiger partial charge on any atom is 0.305 e. The molecule has 1 aromatic carbocycles. The molecule has 0 aliphatic heterocycles. The van der Waals surface area contributed by atoms with Crippen molar-refractivity contribution in [1.82, 2.24) is 9.55 Å². The summed E-state index contributed by atoms with van der Waals surface area (Å²) < 4.78 is 7.10. The highest BCUT2D eigenvalue weighted by Gasteiger charge is 2.09. The predicted octanol–water partition coefficient (Wildman–Crippen LogP) is 3.00. The standard InChI is InChI=1S/C15H20N2O2/c1-4-19-14(18)9-6-10-17-12(3)16-15-11(2)7-5-8-13(15)17/h5,7-8H,4,6,9-10H2,1-3H3. The average molecular weight is 260 g/mol. The molecule has 0 spiro atoms. The molecule has 1 heterocycles. The quantitative estimate of drug-likeness (QED) is 0.776. The van der Waals surface area contributed by atoms with Gasteiger partial charge in [0.25, 0.3) is 0 Å². The van der Waals surface area contributed by atoms with Crippen LogP contribution in [0, 0.1) is 13.8 Å². The molecule has 0 N–H and O–H groups in total. The van der Waals surface area contributed by atoms with Gasteiger partial charge in [0.2, 0.25) is 0 Å². The Balaban J connectivity index is 2.10. The molecule has 2 rings (SSSR count). The Labute approximate surface area is 113 Å². The van der Waals surface area contributed by atoms with Crippen molar-refractivity contribution in [2.45, 2.75) is 40.2 Å². The van der Waals surface area contributed by atoms with Gasteiger partial charge in [-0.2, -0.15) is 0 Å². The number of hydrogen-bond donors (Lipinski definition) is 0. The minimum atomic E-state index is -0.124. The number of fused-ring (bicyclic) bond motifs is 1. The molecule has 0 unspecified atom stereocenters. The summed E-state index contributed by atoms with van der Waals surface area (Å²) in [6.45, 7) is 7.14. The van der Waals surface area contributed by atoms with Gasteiger partial charge in [0.15, 0.2) is 0 Å². The number of ether oxygens (including phenoxy) is 1. The van der Waals surface area contributed by atoms with Crippen LogP contribution in [0.5, 0.6) is 0 Å². The number of nitrogens with zero attached hydrogens (tertiary/aromatic N) is 2. The zero-order chi connectivity index (χ0) is 13.8. The Morgan fingerprint density at radius 3 is 2.89 bits per heavy atom. The predicted molar refractivity (Wildman–Crippen MR) is 75.1 cm³/mol. The highest BCUT2D eigenvalue weighted by Crippen LogP contribution is 2.19. The van der Waals surface area contributed by atoms with E-state index in [0.717, 1.165) is 29.8 Å². The Bertz CT molecular complexity index is 587. The maximum atomic E-state index is 11.3. The molecule has 0 amide bonds. The minimum Gasteiger partial charge on any atom is -0.466 e. The van der Waals surface area contributed by atoms with Gasteiger partial charge in [-0.05, 0) is 38.8 Å². The number of para-hydroxylation sites is 1. The second kappa shape index (κ2) is 5.87. The van der Waals surface area contributed by atoms with E-state index in [1.54, 1.807) is 0 Å². The molecule has 1 aromatic heterocycles. The molecule has 0 bridgehead atoms. The number of hydrogen-bond acceptors (Lipinski definition) is 3. The zero-order valence-corrected chi connectivity index (χ0v) is 11.8. The van der Waals surface area contributed by atoms with Crippen molar-refractivity contribution in [3.8, 4) is 0 Å². The van der Waals surface area contributed by atoms with Crippen LogP contribution in [0.15, 0.2) is 18.2 Å². The van der Waals surface area contributed by atoms with Crippen LogP contribution in [0.4, 0.5) is 0 Å². The zero-order valence-electron chi connectivity index (χ0n) is 11.8. The van der Waals surface area contributed by atoms with Gasteiger partial charge in [0, 0.05) is 13.0 Å². The van der Waals surface area contributed by atoms with Gasteiger partial charge in [-0.3, -0.25) is 4.79 Å². The van der Waals surface area contributed by atoms with E-state index in [9.17, 15) is 4.79 Å². The molecule has 102 valence electrons. The van der Waals surface area contributed by atoms with Crippen LogP contribution in [-0.4, -0.2) is 22.1 Å². The molecule has 0 aliphatic rings. The molecular weight excluding hydrogens is 240 g/mol. The number of carbonyl (C=O) groups excluding carboxylic acids is 1. The number of carbonyl (C=O) groups is 1. The lowest BCUT2D eigenvalue weighted by Crippen LogP contribution is -2.07. The van der Waals surface area contributed by atoms with Crippen molar-refractivity contribution >= 4 is 17.0 Å². The first-order chi connectivity index (χ1) is 9.13. The van der Waals surface area contributed by atoms with Gasteiger partial charge in [0.05, 0.1) is 17.6 Å². The van der Waals surface area contributed by atoms with E-state index < -0.39 is 0 Å². The van der Waals surface area contributed by atoms with Crippen LogP contribution < -0.4 is 0 Å². The van der Waals surface area contributed by atoms with Crippen LogP contribution in [-0.2, 0) is 16.1 Å². The van der Waals surface area contributed by atoms with Crippen molar-refractivity contribution in [3.63, 3.8) is 0 Å². The fourth-order valence-electron chi connectivity index (χ4n) is 2.30. The fourth-order valence-corrected chi connectivity index (χ4v) is 2.30. The molecule has 0 saturated carbocycles. The second-order valence-electron chi connectivity index (χ2n) is 4.66. The first kappa shape index (κ1) is 13.6. The molecule has 0 saturated heterocycles. The minimum absolute atomic E-state index is 0.124. The molecule has 0 fully saturated rings. The van der Waals surface area contributed by atoms with Gasteiger partial charge < -0.3 is 9.30 Å². The normalized spacial score (nSPS) is 10.9. The fraction of sp³-hybridized carbons (Fsp3) is 0.467. The number of benzene rings is 1. The Hall–Kier alpha value is -1.84. The largest absolute Gasteiger partial charge is 0.466 e. The highest BCUT2D eigenvalue weighted by molar-refractivity contribution is 5.79. The third kappa shape index (κ3) is 2.95. The van der Waals surface area contributed by atoms with Crippen molar-refractivity contribution in [2.75, 3.05) is 6.61 Å². The van der Waals surface area contributed by atoms with E-state index in [2.05, 4.69) is 28.6 Å². The van der Waals surface area contributed by atoms with Crippen molar-refractivity contribution < 1.29 is 9.53 Å². The molecule has 0 atom stereocenters. The number of imidazole rings is 1. The van der Waals surface area contributed by atoms with E-state index in [0.29, 0.717) is 13.0 Å². The summed E-state index contributed by atoms with van der Waals surface area (Å²) in [5.74, 6) is 0.869. The van der Waals surface area contributed by atoms with Crippen LogP contribution in [0.25, 0.3) is 11.0 Å². The number of aryl methyl sites for hydroxylation is 3. The first-order valence-corrected chi connectivity index (χ1v) is 6.71. The van der Waals surface area contributed by atoms with Gasteiger partial charge in [-0.25, -0.2) is 4.98 Å². The van der Waals surface area contributed by atoms with Crippen LogP contribution in [0.2, 0.25) is 0 Å². The Morgan fingerprint density at radius 2 is 2.16 bits per heavy atom. The molecule has 19 heavy (non-hydrogen) atoms. The molecular formula is C15H20N2O2. The van der Waals surface area contributed by atoms with E-state index >= 15 is 0 Å². The van der Waals surface area contributed by atoms with E-state index in [1.165, 1.54) is 5.56 Å².